The quantitative estimate of drug-likeness (QED) is 0.387. The fourth-order valence-electron chi connectivity index (χ4n) is 2.61. The second-order valence-electron chi connectivity index (χ2n) is 6.01. The lowest BCUT2D eigenvalue weighted by molar-refractivity contribution is -0.384. The van der Waals surface area contributed by atoms with Gasteiger partial charge < -0.3 is 9.52 Å². The number of benzene rings is 2. The fourth-order valence-corrected chi connectivity index (χ4v) is 2.61. The van der Waals surface area contributed by atoms with E-state index >= 15 is 0 Å². The van der Waals surface area contributed by atoms with Crippen molar-refractivity contribution in [1.82, 2.24) is 5.43 Å². The minimum atomic E-state index is -1.33. The van der Waals surface area contributed by atoms with Gasteiger partial charge in [-0.2, -0.15) is 5.10 Å². The van der Waals surface area contributed by atoms with Crippen molar-refractivity contribution < 1.29 is 19.2 Å². The van der Waals surface area contributed by atoms with E-state index in [-0.39, 0.29) is 5.69 Å². The van der Waals surface area contributed by atoms with Gasteiger partial charge in [-0.05, 0) is 36.2 Å². The van der Waals surface area contributed by atoms with Crippen molar-refractivity contribution in [2.75, 3.05) is 0 Å². The Labute approximate surface area is 160 Å². The van der Waals surface area contributed by atoms with Crippen LogP contribution < -0.4 is 5.43 Å². The van der Waals surface area contributed by atoms with E-state index in [1.54, 1.807) is 55.5 Å². The molecule has 28 heavy (non-hydrogen) atoms. The Balaban J connectivity index is 1.66. The molecule has 0 bridgehead atoms. The summed E-state index contributed by atoms with van der Waals surface area (Å²) >= 11 is 0. The van der Waals surface area contributed by atoms with E-state index in [2.05, 4.69) is 10.5 Å². The van der Waals surface area contributed by atoms with Crippen LogP contribution in [0.1, 0.15) is 23.0 Å². The number of hydrogen-bond acceptors (Lipinski definition) is 6. The van der Waals surface area contributed by atoms with Crippen LogP contribution in [-0.4, -0.2) is 22.2 Å². The summed E-state index contributed by atoms with van der Waals surface area (Å²) in [6, 6.07) is 16.4. The second kappa shape index (κ2) is 8.28. The van der Waals surface area contributed by atoms with E-state index in [1.807, 2.05) is 0 Å². The zero-order valence-corrected chi connectivity index (χ0v) is 14.9. The first-order valence-electron chi connectivity index (χ1n) is 8.37. The molecule has 1 aromatic heterocycles. The summed E-state index contributed by atoms with van der Waals surface area (Å²) in [5, 5.41) is 24.6. The summed E-state index contributed by atoms with van der Waals surface area (Å²) < 4.78 is 5.64. The number of nitro groups is 1. The molecule has 0 radical (unpaired) electrons. The molecule has 8 heteroatoms. The molecular weight excluding hydrogens is 362 g/mol. The van der Waals surface area contributed by atoms with Crippen LogP contribution in [-0.2, 0) is 4.79 Å². The number of amides is 1. The second-order valence-corrected chi connectivity index (χ2v) is 6.01. The fraction of sp³-hybridized carbons (Fsp3) is 0.100. The van der Waals surface area contributed by atoms with E-state index in [0.717, 1.165) is 0 Å². The molecule has 0 spiro atoms. The monoisotopic (exact) mass is 379 g/mol. The predicted molar refractivity (Wildman–Crippen MR) is 103 cm³/mol. The number of aliphatic hydroxyl groups excluding tert-OH is 1. The Morgan fingerprint density at radius 3 is 2.64 bits per heavy atom. The van der Waals surface area contributed by atoms with Gasteiger partial charge in [-0.25, -0.2) is 5.43 Å². The maximum Gasteiger partial charge on any atom is 0.273 e. The number of nitro benzene ring substituents is 1. The molecule has 0 saturated carbocycles. The highest BCUT2D eigenvalue weighted by molar-refractivity contribution is 5.84. The summed E-state index contributed by atoms with van der Waals surface area (Å²) in [4.78, 5) is 22.3. The van der Waals surface area contributed by atoms with Gasteiger partial charge in [0, 0.05) is 17.7 Å². The number of nitrogens with one attached hydrogen (secondary N) is 1. The first-order valence-corrected chi connectivity index (χ1v) is 8.37. The zero-order chi connectivity index (χ0) is 20.1. The predicted octanol–water partition coefficient (Wildman–Crippen LogP) is 3.35. The van der Waals surface area contributed by atoms with Crippen molar-refractivity contribution in [1.29, 1.82) is 0 Å². The topological polar surface area (TPSA) is 118 Å². The van der Waals surface area contributed by atoms with Crippen LogP contribution in [0, 0.1) is 17.0 Å². The number of rotatable bonds is 6. The van der Waals surface area contributed by atoms with Crippen LogP contribution in [0.25, 0.3) is 11.3 Å². The Hall–Kier alpha value is -3.78. The molecule has 2 N–H and O–H groups in total. The highest BCUT2D eigenvalue weighted by atomic mass is 16.6. The molecule has 3 rings (SSSR count). The van der Waals surface area contributed by atoms with Crippen LogP contribution in [0.4, 0.5) is 5.69 Å². The van der Waals surface area contributed by atoms with Crippen LogP contribution in [0.3, 0.4) is 0 Å². The SMILES string of the molecule is Cc1cc([N+](=O)[O-])ccc1-c1ccc(/C=N/NC(=O)C(O)c2ccccc2)o1. The molecule has 2 aromatic carbocycles. The molecule has 1 atom stereocenters. The number of nitrogens with zero attached hydrogens (tertiary/aromatic N) is 2. The molecule has 142 valence electrons. The van der Waals surface area contributed by atoms with Gasteiger partial charge in [-0.1, -0.05) is 30.3 Å². The number of aryl methyl sites for hydroxylation is 1. The minimum absolute atomic E-state index is 0.00859. The van der Waals surface area contributed by atoms with E-state index in [9.17, 15) is 20.0 Å². The van der Waals surface area contributed by atoms with Crippen molar-refractivity contribution in [2.24, 2.45) is 5.10 Å². The molecule has 1 heterocycles. The minimum Gasteiger partial charge on any atom is -0.455 e. The first-order chi connectivity index (χ1) is 13.5. The number of hydrazone groups is 1. The van der Waals surface area contributed by atoms with Crippen LogP contribution in [0.15, 0.2) is 70.2 Å². The molecule has 1 unspecified atom stereocenters. The first kappa shape index (κ1) is 19.0. The maximum atomic E-state index is 11.9. The Bertz CT molecular complexity index is 1030. The average Bonchev–Trinajstić information content (AvgIpc) is 3.16. The molecule has 1 amide bonds. The smallest absolute Gasteiger partial charge is 0.273 e. The normalized spacial score (nSPS) is 12.1. The lowest BCUT2D eigenvalue weighted by atomic mass is 10.1. The van der Waals surface area contributed by atoms with Gasteiger partial charge in [0.1, 0.15) is 11.5 Å². The van der Waals surface area contributed by atoms with Crippen LogP contribution >= 0.6 is 0 Å². The lowest BCUT2D eigenvalue weighted by Crippen LogP contribution is -2.25. The number of hydrogen-bond donors (Lipinski definition) is 2. The summed E-state index contributed by atoms with van der Waals surface area (Å²) in [6.07, 6.45) is -0.0203. The van der Waals surface area contributed by atoms with Gasteiger partial charge in [-0.15, -0.1) is 0 Å². The Morgan fingerprint density at radius 2 is 1.96 bits per heavy atom. The number of aliphatic hydroxyl groups is 1. The van der Waals surface area contributed by atoms with E-state index in [1.165, 1.54) is 18.3 Å². The number of non-ortho nitro benzene ring substituents is 1. The molecule has 0 aliphatic carbocycles. The number of carbonyl (C=O) groups is 1. The number of carbonyl (C=O) groups excluding carboxylic acids is 1. The third-order valence-corrected chi connectivity index (χ3v) is 4.04. The molecule has 0 aliphatic heterocycles. The average molecular weight is 379 g/mol. The molecule has 0 saturated heterocycles. The van der Waals surface area contributed by atoms with Gasteiger partial charge >= 0.3 is 0 Å². The van der Waals surface area contributed by atoms with Crippen LogP contribution in [0.5, 0.6) is 0 Å². The van der Waals surface area contributed by atoms with E-state index in [4.69, 9.17) is 4.42 Å². The van der Waals surface area contributed by atoms with E-state index in [0.29, 0.717) is 28.2 Å². The summed E-state index contributed by atoms with van der Waals surface area (Å²) in [5.41, 5.74) is 4.14. The van der Waals surface area contributed by atoms with Gasteiger partial charge in [0.15, 0.2) is 6.10 Å². The molecular formula is C20H17N3O5. The third kappa shape index (κ3) is 4.30. The molecule has 0 fully saturated rings. The number of furan rings is 1. The Morgan fingerprint density at radius 1 is 1.21 bits per heavy atom. The largest absolute Gasteiger partial charge is 0.455 e. The summed E-state index contributed by atoms with van der Waals surface area (Å²) in [6.45, 7) is 1.75. The van der Waals surface area contributed by atoms with Crippen molar-refractivity contribution in [3.8, 4) is 11.3 Å². The third-order valence-electron chi connectivity index (χ3n) is 4.04. The molecule has 8 nitrogen and oxygen atoms in total. The summed E-state index contributed by atoms with van der Waals surface area (Å²) in [7, 11) is 0. The highest BCUT2D eigenvalue weighted by Crippen LogP contribution is 2.28. The molecule has 3 aromatic rings. The van der Waals surface area contributed by atoms with E-state index < -0.39 is 16.9 Å². The van der Waals surface area contributed by atoms with Crippen molar-refractivity contribution in [3.63, 3.8) is 0 Å². The molecule has 0 aliphatic rings. The summed E-state index contributed by atoms with van der Waals surface area (Å²) in [5.74, 6) is 0.229. The van der Waals surface area contributed by atoms with Gasteiger partial charge in [0.25, 0.3) is 11.6 Å². The Kier molecular flexibility index (Phi) is 5.61. The van der Waals surface area contributed by atoms with Gasteiger partial charge in [0.05, 0.1) is 11.1 Å². The highest BCUT2D eigenvalue weighted by Gasteiger charge is 2.16. The lowest BCUT2D eigenvalue weighted by Gasteiger charge is -2.08. The van der Waals surface area contributed by atoms with Crippen molar-refractivity contribution >= 4 is 17.8 Å². The van der Waals surface area contributed by atoms with Crippen LogP contribution in [0.2, 0.25) is 0 Å². The van der Waals surface area contributed by atoms with Crippen molar-refractivity contribution in [3.05, 3.63) is 87.7 Å². The maximum absolute atomic E-state index is 11.9. The van der Waals surface area contributed by atoms with Gasteiger partial charge in [0.2, 0.25) is 0 Å². The zero-order valence-electron chi connectivity index (χ0n) is 14.9. The van der Waals surface area contributed by atoms with Crippen molar-refractivity contribution in [2.45, 2.75) is 13.0 Å². The van der Waals surface area contributed by atoms with Gasteiger partial charge in [-0.3, -0.25) is 14.9 Å². The standard InChI is InChI=1S/C20H17N3O5/c1-13-11-15(23(26)27)7-9-17(13)18-10-8-16(28-18)12-21-22-20(25)19(24)14-5-3-2-4-6-14/h2-12,19,24H,1H3,(H,22,25)/b21-12+.